The number of hydrogen-bond donors (Lipinski definition) is 2. The predicted molar refractivity (Wildman–Crippen MR) is 74.6 cm³/mol. The van der Waals surface area contributed by atoms with Crippen molar-refractivity contribution in [2.45, 2.75) is 40.0 Å². The van der Waals surface area contributed by atoms with E-state index in [1.807, 2.05) is 6.92 Å². The maximum atomic E-state index is 5.56. The first kappa shape index (κ1) is 13.1. The number of aromatic nitrogens is 2. The van der Waals surface area contributed by atoms with Gasteiger partial charge in [0.25, 0.3) is 0 Å². The Morgan fingerprint density at radius 3 is 2.56 bits per heavy atom. The second-order valence-corrected chi connectivity index (χ2v) is 5.10. The Morgan fingerprint density at radius 2 is 2.00 bits per heavy atom. The molecule has 2 heterocycles. The minimum absolute atomic E-state index is 0.763. The van der Waals surface area contributed by atoms with Crippen molar-refractivity contribution in [2.24, 2.45) is 11.8 Å². The Kier molecular flexibility index (Phi) is 4.01. The molecule has 5 heteroatoms. The van der Waals surface area contributed by atoms with Gasteiger partial charge in [0.2, 0.25) is 5.95 Å². The molecule has 3 N–H and O–H groups in total. The number of anilines is 2. The van der Waals surface area contributed by atoms with Gasteiger partial charge in [0, 0.05) is 24.3 Å². The summed E-state index contributed by atoms with van der Waals surface area (Å²) in [7, 11) is 0. The number of aryl methyl sites for hydroxylation is 1. The third-order valence-electron chi connectivity index (χ3n) is 3.76. The number of hydrogen-bond acceptors (Lipinski definition) is 5. The van der Waals surface area contributed by atoms with Crippen LogP contribution in [-0.4, -0.2) is 23.1 Å². The summed E-state index contributed by atoms with van der Waals surface area (Å²) in [5.74, 6) is 7.94. The first-order valence-electron chi connectivity index (χ1n) is 6.74. The fourth-order valence-electron chi connectivity index (χ4n) is 2.47. The van der Waals surface area contributed by atoms with E-state index in [1.54, 1.807) is 0 Å². The molecule has 100 valence electrons. The van der Waals surface area contributed by atoms with Crippen LogP contribution in [0.1, 0.15) is 37.9 Å². The van der Waals surface area contributed by atoms with Crippen LogP contribution in [0.4, 0.5) is 11.8 Å². The first-order chi connectivity index (χ1) is 8.65. The number of nitrogens with one attached hydrogen (secondary N) is 1. The van der Waals surface area contributed by atoms with Crippen molar-refractivity contribution in [1.82, 2.24) is 9.97 Å². The van der Waals surface area contributed by atoms with Crippen LogP contribution in [0, 0.1) is 12.8 Å². The van der Waals surface area contributed by atoms with Crippen LogP contribution >= 0.6 is 0 Å². The van der Waals surface area contributed by atoms with Crippen LogP contribution in [0.2, 0.25) is 0 Å². The van der Waals surface area contributed by atoms with Crippen LogP contribution in [0.5, 0.6) is 0 Å². The van der Waals surface area contributed by atoms with Gasteiger partial charge in [0.15, 0.2) is 0 Å². The fourth-order valence-corrected chi connectivity index (χ4v) is 2.47. The molecule has 0 amide bonds. The average Bonchev–Trinajstić information content (AvgIpc) is 2.38. The molecular weight excluding hydrogens is 226 g/mol. The molecule has 0 spiro atoms. The van der Waals surface area contributed by atoms with E-state index in [1.165, 1.54) is 12.8 Å². The van der Waals surface area contributed by atoms with E-state index in [0.717, 1.165) is 48.5 Å². The third kappa shape index (κ3) is 2.56. The maximum absolute atomic E-state index is 5.56. The fraction of sp³-hybridized carbons (Fsp3) is 0.692. The van der Waals surface area contributed by atoms with Crippen molar-refractivity contribution in [1.29, 1.82) is 0 Å². The second-order valence-electron chi connectivity index (χ2n) is 5.10. The van der Waals surface area contributed by atoms with Gasteiger partial charge in [0.05, 0.1) is 0 Å². The highest BCUT2D eigenvalue weighted by Crippen LogP contribution is 2.24. The summed E-state index contributed by atoms with van der Waals surface area (Å²) in [6.07, 6.45) is 3.31. The minimum atomic E-state index is 0.763. The molecule has 0 radical (unpaired) electrons. The standard InChI is InChI=1S/C13H23N5/c1-4-11-10(3)15-13(16-12(11)17-14)18-7-5-9(2)6-8-18/h9H,4-8,14H2,1-3H3,(H,15,16,17). The molecule has 18 heavy (non-hydrogen) atoms. The molecule has 0 saturated carbocycles. The van der Waals surface area contributed by atoms with Gasteiger partial charge in [-0.3, -0.25) is 0 Å². The molecule has 0 aliphatic carbocycles. The minimum Gasteiger partial charge on any atom is -0.341 e. The molecule has 1 aliphatic rings. The monoisotopic (exact) mass is 249 g/mol. The van der Waals surface area contributed by atoms with E-state index in [4.69, 9.17) is 5.84 Å². The zero-order valence-electron chi connectivity index (χ0n) is 11.5. The zero-order chi connectivity index (χ0) is 13.1. The summed E-state index contributed by atoms with van der Waals surface area (Å²) in [5, 5.41) is 0. The highest BCUT2D eigenvalue weighted by molar-refractivity contribution is 5.50. The third-order valence-corrected chi connectivity index (χ3v) is 3.76. The normalized spacial score (nSPS) is 17.0. The molecular formula is C13H23N5. The lowest BCUT2D eigenvalue weighted by Crippen LogP contribution is -2.34. The molecule has 1 aromatic rings. The molecule has 0 atom stereocenters. The largest absolute Gasteiger partial charge is 0.341 e. The highest BCUT2D eigenvalue weighted by Gasteiger charge is 2.19. The molecule has 0 aromatic carbocycles. The Balaban J connectivity index is 2.26. The predicted octanol–water partition coefficient (Wildman–Crippen LogP) is 1.87. The van der Waals surface area contributed by atoms with Gasteiger partial charge in [0.1, 0.15) is 5.82 Å². The number of hydrazine groups is 1. The summed E-state index contributed by atoms with van der Waals surface area (Å²) in [6.45, 7) is 8.49. The lowest BCUT2D eigenvalue weighted by atomic mass is 10.00. The van der Waals surface area contributed by atoms with Crippen molar-refractivity contribution >= 4 is 11.8 Å². The highest BCUT2D eigenvalue weighted by atomic mass is 15.3. The average molecular weight is 249 g/mol. The van der Waals surface area contributed by atoms with Crippen LogP contribution in [0.15, 0.2) is 0 Å². The number of piperidine rings is 1. The number of nitrogens with zero attached hydrogens (tertiary/aromatic N) is 3. The number of rotatable bonds is 3. The quantitative estimate of drug-likeness (QED) is 0.632. The SMILES string of the molecule is CCc1c(C)nc(N2CCC(C)CC2)nc1NN. The molecule has 5 nitrogen and oxygen atoms in total. The smallest absolute Gasteiger partial charge is 0.227 e. The summed E-state index contributed by atoms with van der Waals surface area (Å²) >= 11 is 0. The lowest BCUT2D eigenvalue weighted by Gasteiger charge is -2.30. The van der Waals surface area contributed by atoms with Gasteiger partial charge in [-0.05, 0) is 32.1 Å². The Morgan fingerprint density at radius 1 is 1.33 bits per heavy atom. The number of nitrogens with two attached hydrogens (primary N) is 1. The van der Waals surface area contributed by atoms with Gasteiger partial charge in [-0.2, -0.15) is 4.98 Å². The van der Waals surface area contributed by atoms with E-state index in [-0.39, 0.29) is 0 Å². The van der Waals surface area contributed by atoms with Crippen molar-refractivity contribution in [3.63, 3.8) is 0 Å². The molecule has 0 bridgehead atoms. The van der Waals surface area contributed by atoms with Crippen molar-refractivity contribution in [2.75, 3.05) is 23.4 Å². The zero-order valence-corrected chi connectivity index (χ0v) is 11.5. The van der Waals surface area contributed by atoms with Crippen LogP contribution < -0.4 is 16.2 Å². The molecule has 0 unspecified atom stereocenters. The summed E-state index contributed by atoms with van der Waals surface area (Å²) in [6, 6.07) is 0. The molecule has 1 aromatic heterocycles. The van der Waals surface area contributed by atoms with Crippen LogP contribution in [0.3, 0.4) is 0 Å². The summed E-state index contributed by atoms with van der Waals surface area (Å²) < 4.78 is 0. The molecule has 1 aliphatic heterocycles. The van der Waals surface area contributed by atoms with Gasteiger partial charge in [-0.15, -0.1) is 0 Å². The second kappa shape index (κ2) is 5.52. The van der Waals surface area contributed by atoms with Gasteiger partial charge in [-0.25, -0.2) is 10.8 Å². The van der Waals surface area contributed by atoms with Gasteiger partial charge < -0.3 is 10.3 Å². The maximum Gasteiger partial charge on any atom is 0.227 e. The molecule has 1 fully saturated rings. The molecule has 2 rings (SSSR count). The Labute approximate surface area is 109 Å². The van der Waals surface area contributed by atoms with E-state index >= 15 is 0 Å². The van der Waals surface area contributed by atoms with Crippen molar-refractivity contribution in [3.8, 4) is 0 Å². The Bertz CT molecular complexity index is 410. The van der Waals surface area contributed by atoms with Gasteiger partial charge >= 0.3 is 0 Å². The Hall–Kier alpha value is -1.36. The lowest BCUT2D eigenvalue weighted by molar-refractivity contribution is 0.434. The van der Waals surface area contributed by atoms with Crippen LogP contribution in [-0.2, 0) is 6.42 Å². The molecule has 1 saturated heterocycles. The van der Waals surface area contributed by atoms with Crippen molar-refractivity contribution in [3.05, 3.63) is 11.3 Å². The van der Waals surface area contributed by atoms with E-state index in [2.05, 4.69) is 34.1 Å². The summed E-state index contributed by atoms with van der Waals surface area (Å²) in [4.78, 5) is 11.4. The van der Waals surface area contributed by atoms with E-state index in [9.17, 15) is 0 Å². The van der Waals surface area contributed by atoms with Crippen LogP contribution in [0.25, 0.3) is 0 Å². The van der Waals surface area contributed by atoms with E-state index < -0.39 is 0 Å². The topological polar surface area (TPSA) is 67.1 Å². The van der Waals surface area contributed by atoms with Crippen molar-refractivity contribution < 1.29 is 0 Å². The van der Waals surface area contributed by atoms with Gasteiger partial charge in [-0.1, -0.05) is 13.8 Å². The number of nitrogen functional groups attached to an aromatic ring is 1. The summed E-state index contributed by atoms with van der Waals surface area (Å²) in [5.41, 5.74) is 4.82. The van der Waals surface area contributed by atoms with E-state index in [0.29, 0.717) is 0 Å². The first-order valence-corrected chi connectivity index (χ1v) is 6.74.